The van der Waals surface area contributed by atoms with Crippen LogP contribution in [0.2, 0.25) is 0 Å². The average molecular weight is 408 g/mol. The van der Waals surface area contributed by atoms with Crippen molar-refractivity contribution in [3.63, 3.8) is 0 Å². The van der Waals surface area contributed by atoms with Crippen molar-refractivity contribution >= 4 is 54.5 Å². The predicted octanol–water partition coefficient (Wildman–Crippen LogP) is 4.67. The van der Waals surface area contributed by atoms with E-state index in [1.807, 2.05) is 32.9 Å². The van der Waals surface area contributed by atoms with Gasteiger partial charge in [-0.05, 0) is 32.9 Å². The molecule has 7 heteroatoms. The second-order valence-corrected chi connectivity index (χ2v) is 8.42. The lowest BCUT2D eigenvalue weighted by atomic mass is 10.2. The van der Waals surface area contributed by atoms with Crippen LogP contribution in [0.5, 0.6) is 0 Å². The quantitative estimate of drug-likeness (QED) is 0.684. The molecular weight excluding hydrogens is 390 g/mol. The number of hydrogen-bond donors (Lipinski definition) is 1. The van der Waals surface area contributed by atoms with Gasteiger partial charge in [0.05, 0.1) is 21.4 Å². The number of nitrogens with zero attached hydrogens (tertiary/aromatic N) is 2. The van der Waals surface area contributed by atoms with E-state index in [0.29, 0.717) is 13.0 Å². The minimum absolute atomic E-state index is 0.402. The Kier molecular flexibility index (Phi) is 4.73. The molecule has 3 aromatic rings. The van der Waals surface area contributed by atoms with Gasteiger partial charge in [0.25, 0.3) is 0 Å². The van der Waals surface area contributed by atoms with Crippen LogP contribution in [0.1, 0.15) is 25.8 Å². The number of pyridine rings is 1. The summed E-state index contributed by atoms with van der Waals surface area (Å²) in [6.07, 6.45) is 2.06. The maximum absolute atomic E-state index is 11.7. The first-order valence-corrected chi connectivity index (χ1v) is 9.23. The highest BCUT2D eigenvalue weighted by Gasteiger charge is 2.16. The van der Waals surface area contributed by atoms with Crippen molar-refractivity contribution in [3.8, 4) is 0 Å². The van der Waals surface area contributed by atoms with Gasteiger partial charge in [0.15, 0.2) is 0 Å². The van der Waals surface area contributed by atoms with Crippen LogP contribution in [-0.4, -0.2) is 28.2 Å². The van der Waals surface area contributed by atoms with Crippen molar-refractivity contribution in [3.05, 3.63) is 33.9 Å². The van der Waals surface area contributed by atoms with E-state index < -0.39 is 11.7 Å². The monoisotopic (exact) mass is 407 g/mol. The Morgan fingerprint density at radius 1 is 1.33 bits per heavy atom. The second kappa shape index (κ2) is 6.64. The van der Waals surface area contributed by atoms with Crippen LogP contribution in [0.25, 0.3) is 21.1 Å². The zero-order valence-electron chi connectivity index (χ0n) is 13.7. The molecule has 2 heterocycles. The van der Waals surface area contributed by atoms with Gasteiger partial charge in [-0.3, -0.25) is 4.98 Å². The smallest absolute Gasteiger partial charge is 0.407 e. The number of alkyl carbamates (subject to hydrolysis) is 1. The minimum Gasteiger partial charge on any atom is -0.444 e. The van der Waals surface area contributed by atoms with E-state index in [2.05, 4.69) is 37.3 Å². The number of thiazole rings is 1. The van der Waals surface area contributed by atoms with Crippen LogP contribution in [0, 0.1) is 0 Å². The summed E-state index contributed by atoms with van der Waals surface area (Å²) in [6.45, 7) is 6.02. The highest BCUT2D eigenvalue weighted by molar-refractivity contribution is 9.10. The minimum atomic E-state index is -0.487. The number of hydrogen-bond acceptors (Lipinski definition) is 5. The number of benzene rings is 1. The van der Waals surface area contributed by atoms with Gasteiger partial charge in [-0.1, -0.05) is 22.0 Å². The van der Waals surface area contributed by atoms with E-state index >= 15 is 0 Å². The van der Waals surface area contributed by atoms with E-state index in [1.165, 1.54) is 0 Å². The SMILES string of the molecule is CC(C)(C)OC(=O)NCCc1nc2cnc3cc(Br)ccc3c2s1. The van der Waals surface area contributed by atoms with Gasteiger partial charge < -0.3 is 10.1 Å². The molecule has 0 atom stereocenters. The number of rotatable bonds is 3. The molecule has 1 aromatic carbocycles. The van der Waals surface area contributed by atoms with Gasteiger partial charge in [-0.25, -0.2) is 9.78 Å². The fourth-order valence-electron chi connectivity index (χ4n) is 2.29. The summed E-state index contributed by atoms with van der Waals surface area (Å²) in [5.74, 6) is 0. The molecule has 2 aromatic heterocycles. The molecule has 0 aliphatic rings. The molecule has 24 heavy (non-hydrogen) atoms. The van der Waals surface area contributed by atoms with Crippen LogP contribution in [0.4, 0.5) is 4.79 Å². The molecule has 0 radical (unpaired) electrons. The summed E-state index contributed by atoms with van der Waals surface area (Å²) < 4.78 is 7.35. The molecule has 0 saturated carbocycles. The molecule has 1 N–H and O–H groups in total. The summed E-state index contributed by atoms with van der Waals surface area (Å²) in [7, 11) is 0. The number of amides is 1. The van der Waals surface area contributed by atoms with Crippen LogP contribution >= 0.6 is 27.3 Å². The standard InChI is InChI=1S/C17H18BrN3O2S/c1-17(2,3)23-16(22)19-7-6-14-21-13-9-20-12-8-10(18)4-5-11(12)15(13)24-14/h4-5,8-9H,6-7H2,1-3H3,(H,19,22). The Morgan fingerprint density at radius 2 is 2.12 bits per heavy atom. The lowest BCUT2D eigenvalue weighted by Crippen LogP contribution is -2.33. The third-order valence-electron chi connectivity index (χ3n) is 3.24. The molecule has 126 valence electrons. The van der Waals surface area contributed by atoms with Gasteiger partial charge in [-0.15, -0.1) is 11.3 Å². The molecule has 0 saturated heterocycles. The molecule has 5 nitrogen and oxygen atoms in total. The van der Waals surface area contributed by atoms with Crippen LogP contribution in [0.3, 0.4) is 0 Å². The number of aromatic nitrogens is 2. The van der Waals surface area contributed by atoms with Crippen molar-refractivity contribution in [2.24, 2.45) is 0 Å². The summed E-state index contributed by atoms with van der Waals surface area (Å²) in [5.41, 5.74) is 1.35. The first kappa shape index (κ1) is 17.1. The fourth-order valence-corrected chi connectivity index (χ4v) is 3.70. The largest absolute Gasteiger partial charge is 0.444 e. The molecule has 0 unspecified atom stereocenters. The maximum Gasteiger partial charge on any atom is 0.407 e. The number of fused-ring (bicyclic) bond motifs is 3. The second-order valence-electron chi connectivity index (χ2n) is 6.42. The molecule has 0 spiro atoms. The van der Waals surface area contributed by atoms with E-state index in [1.54, 1.807) is 17.5 Å². The Hall–Kier alpha value is -1.73. The van der Waals surface area contributed by atoms with E-state index in [0.717, 1.165) is 30.6 Å². The van der Waals surface area contributed by atoms with E-state index in [4.69, 9.17) is 4.74 Å². The van der Waals surface area contributed by atoms with Crippen molar-refractivity contribution in [1.82, 2.24) is 15.3 Å². The van der Waals surface area contributed by atoms with Gasteiger partial charge >= 0.3 is 6.09 Å². The molecule has 3 rings (SSSR count). The van der Waals surface area contributed by atoms with Gasteiger partial charge in [0.2, 0.25) is 0 Å². The van der Waals surface area contributed by atoms with Crippen molar-refractivity contribution in [2.75, 3.05) is 6.54 Å². The molecular formula is C17H18BrN3O2S. The first-order valence-electron chi connectivity index (χ1n) is 7.62. The normalized spacial score (nSPS) is 11.8. The lowest BCUT2D eigenvalue weighted by molar-refractivity contribution is 0.0528. The number of ether oxygens (including phenoxy) is 1. The van der Waals surface area contributed by atoms with Crippen LogP contribution in [-0.2, 0) is 11.2 Å². The zero-order chi connectivity index (χ0) is 17.3. The Balaban J connectivity index is 1.72. The maximum atomic E-state index is 11.7. The molecule has 0 bridgehead atoms. The summed E-state index contributed by atoms with van der Waals surface area (Å²) >= 11 is 5.10. The van der Waals surface area contributed by atoms with Gasteiger partial charge in [-0.2, -0.15) is 0 Å². The topological polar surface area (TPSA) is 64.1 Å². The Labute approximate surface area is 152 Å². The fraction of sp³-hybridized carbons (Fsp3) is 0.353. The van der Waals surface area contributed by atoms with Crippen molar-refractivity contribution in [1.29, 1.82) is 0 Å². The highest BCUT2D eigenvalue weighted by Crippen LogP contribution is 2.30. The number of nitrogens with one attached hydrogen (secondary N) is 1. The third-order valence-corrected chi connectivity index (χ3v) is 4.89. The summed E-state index contributed by atoms with van der Waals surface area (Å²) in [6, 6.07) is 6.06. The lowest BCUT2D eigenvalue weighted by Gasteiger charge is -2.19. The molecule has 1 amide bonds. The third kappa shape index (κ3) is 4.02. The van der Waals surface area contributed by atoms with Gasteiger partial charge in [0, 0.05) is 22.8 Å². The molecule has 0 aliphatic carbocycles. The highest BCUT2D eigenvalue weighted by atomic mass is 79.9. The number of halogens is 1. The van der Waals surface area contributed by atoms with Gasteiger partial charge in [0.1, 0.15) is 11.1 Å². The summed E-state index contributed by atoms with van der Waals surface area (Å²) in [5, 5.41) is 4.83. The predicted molar refractivity (Wildman–Crippen MR) is 101 cm³/mol. The van der Waals surface area contributed by atoms with Crippen molar-refractivity contribution in [2.45, 2.75) is 32.8 Å². The van der Waals surface area contributed by atoms with E-state index in [-0.39, 0.29) is 0 Å². The van der Waals surface area contributed by atoms with Crippen LogP contribution < -0.4 is 5.32 Å². The Morgan fingerprint density at radius 3 is 2.88 bits per heavy atom. The first-order chi connectivity index (χ1) is 11.3. The average Bonchev–Trinajstić information content (AvgIpc) is 2.88. The molecule has 0 fully saturated rings. The number of carbonyl (C=O) groups is 1. The van der Waals surface area contributed by atoms with E-state index in [9.17, 15) is 4.79 Å². The van der Waals surface area contributed by atoms with Crippen molar-refractivity contribution < 1.29 is 9.53 Å². The molecule has 0 aliphatic heterocycles. The summed E-state index contributed by atoms with van der Waals surface area (Å²) in [4.78, 5) is 20.7. The zero-order valence-corrected chi connectivity index (χ0v) is 16.1. The number of carbonyl (C=O) groups excluding carboxylic acids is 1. The van der Waals surface area contributed by atoms with Crippen LogP contribution in [0.15, 0.2) is 28.9 Å². The Bertz CT molecular complexity index is 902.